The van der Waals surface area contributed by atoms with Crippen LogP contribution in [0.15, 0.2) is 12.1 Å². The molecule has 7 nitrogen and oxygen atoms in total. The second-order valence-electron chi connectivity index (χ2n) is 3.41. The van der Waals surface area contributed by atoms with E-state index in [0.717, 1.165) is 0 Å². The van der Waals surface area contributed by atoms with Crippen molar-refractivity contribution < 1.29 is 19.1 Å². The summed E-state index contributed by atoms with van der Waals surface area (Å²) in [6.07, 6.45) is 0. The minimum absolute atomic E-state index is 0.104. The highest BCUT2D eigenvalue weighted by molar-refractivity contribution is 5.87. The van der Waals surface area contributed by atoms with Gasteiger partial charge in [0.1, 0.15) is 11.9 Å². The Labute approximate surface area is 104 Å². The minimum Gasteiger partial charge on any atom is -0.464 e. The van der Waals surface area contributed by atoms with Crippen LogP contribution in [0.1, 0.15) is 24.3 Å². The number of esters is 2. The van der Waals surface area contributed by atoms with Crippen LogP contribution in [0.3, 0.4) is 0 Å². The lowest BCUT2D eigenvalue weighted by Crippen LogP contribution is -2.28. The Morgan fingerprint density at radius 3 is 2.61 bits per heavy atom. The maximum absolute atomic E-state index is 11.4. The largest absolute Gasteiger partial charge is 0.464 e. The van der Waals surface area contributed by atoms with Gasteiger partial charge < -0.3 is 14.8 Å². The third-order valence-corrected chi connectivity index (χ3v) is 2.06. The maximum atomic E-state index is 11.4. The summed E-state index contributed by atoms with van der Waals surface area (Å²) in [6, 6.07) is 2.46. The Hall–Kier alpha value is -2.18. The van der Waals surface area contributed by atoms with Gasteiger partial charge in [0.25, 0.3) is 0 Å². The van der Waals surface area contributed by atoms with E-state index in [1.165, 1.54) is 19.2 Å². The van der Waals surface area contributed by atoms with E-state index in [-0.39, 0.29) is 11.7 Å². The molecule has 1 unspecified atom stereocenters. The minimum atomic E-state index is -0.563. The zero-order valence-corrected chi connectivity index (χ0v) is 10.5. The Morgan fingerprint density at radius 1 is 1.39 bits per heavy atom. The summed E-state index contributed by atoms with van der Waals surface area (Å²) in [6.45, 7) is 3.70. The highest BCUT2D eigenvalue weighted by Crippen LogP contribution is 2.05. The van der Waals surface area contributed by atoms with Crippen molar-refractivity contribution in [2.75, 3.05) is 19.0 Å². The van der Waals surface area contributed by atoms with E-state index in [1.54, 1.807) is 13.8 Å². The van der Waals surface area contributed by atoms with Crippen LogP contribution in [0.2, 0.25) is 0 Å². The average molecular weight is 253 g/mol. The van der Waals surface area contributed by atoms with Gasteiger partial charge >= 0.3 is 11.9 Å². The molecule has 0 aromatic carbocycles. The molecule has 0 amide bonds. The first-order chi connectivity index (χ1) is 8.58. The molecule has 1 atom stereocenters. The van der Waals surface area contributed by atoms with Gasteiger partial charge in [0, 0.05) is 0 Å². The van der Waals surface area contributed by atoms with Crippen molar-refractivity contribution in [3.8, 4) is 0 Å². The number of anilines is 1. The molecule has 0 saturated heterocycles. The number of nitrogens with zero attached hydrogens (tertiary/aromatic N) is 2. The summed E-state index contributed by atoms with van der Waals surface area (Å²) in [5.41, 5.74) is 0.104. The third kappa shape index (κ3) is 3.69. The van der Waals surface area contributed by atoms with Crippen molar-refractivity contribution in [2.24, 2.45) is 0 Å². The van der Waals surface area contributed by atoms with Crippen LogP contribution in [0.25, 0.3) is 0 Å². The Bertz CT molecular complexity index is 419. The fourth-order valence-corrected chi connectivity index (χ4v) is 1.17. The first kappa shape index (κ1) is 13.9. The zero-order chi connectivity index (χ0) is 13.5. The van der Waals surface area contributed by atoms with Gasteiger partial charge in [0.05, 0.1) is 13.7 Å². The Kier molecular flexibility index (Phi) is 5.04. The number of hydrogen-bond donors (Lipinski definition) is 1. The Balaban J connectivity index is 2.63. The van der Waals surface area contributed by atoms with Gasteiger partial charge in [-0.2, -0.15) is 0 Å². The lowest BCUT2D eigenvalue weighted by atomic mass is 10.3. The van der Waals surface area contributed by atoms with Crippen molar-refractivity contribution in [2.45, 2.75) is 19.9 Å². The molecule has 0 radical (unpaired) electrons. The Morgan fingerprint density at radius 2 is 2.11 bits per heavy atom. The third-order valence-electron chi connectivity index (χ3n) is 2.06. The number of aromatic nitrogens is 2. The molecular formula is C11H15N3O4. The van der Waals surface area contributed by atoms with Gasteiger partial charge in [0.15, 0.2) is 5.69 Å². The van der Waals surface area contributed by atoms with Crippen LogP contribution >= 0.6 is 0 Å². The average Bonchev–Trinajstić information content (AvgIpc) is 2.39. The first-order valence-electron chi connectivity index (χ1n) is 5.43. The number of nitrogens with one attached hydrogen (secondary N) is 1. The molecule has 1 aromatic heterocycles. The topological polar surface area (TPSA) is 90.4 Å². The molecule has 1 rings (SSSR count). The second-order valence-corrected chi connectivity index (χ2v) is 3.41. The predicted octanol–water partition coefficient (Wildman–Crippen LogP) is 0.627. The first-order valence-corrected chi connectivity index (χ1v) is 5.43. The quantitative estimate of drug-likeness (QED) is 0.769. The number of carbonyl (C=O) groups excluding carboxylic acids is 2. The lowest BCUT2D eigenvalue weighted by molar-refractivity contribution is -0.143. The van der Waals surface area contributed by atoms with Crippen LogP contribution in [0.4, 0.5) is 5.82 Å². The van der Waals surface area contributed by atoms with Crippen LogP contribution in [-0.4, -0.2) is 41.9 Å². The summed E-state index contributed by atoms with van der Waals surface area (Å²) in [4.78, 5) is 22.5. The van der Waals surface area contributed by atoms with E-state index in [0.29, 0.717) is 12.4 Å². The molecular weight excluding hydrogens is 238 g/mol. The molecule has 7 heteroatoms. The monoisotopic (exact) mass is 253 g/mol. The normalized spacial score (nSPS) is 11.5. The fourth-order valence-electron chi connectivity index (χ4n) is 1.17. The molecule has 0 aliphatic carbocycles. The lowest BCUT2D eigenvalue weighted by Gasteiger charge is -2.12. The summed E-state index contributed by atoms with van der Waals surface area (Å²) < 4.78 is 9.32. The van der Waals surface area contributed by atoms with E-state index in [9.17, 15) is 9.59 Å². The van der Waals surface area contributed by atoms with Gasteiger partial charge in [-0.25, -0.2) is 9.59 Å². The smallest absolute Gasteiger partial charge is 0.358 e. The van der Waals surface area contributed by atoms with E-state index < -0.39 is 12.0 Å². The van der Waals surface area contributed by atoms with Crippen LogP contribution in [0.5, 0.6) is 0 Å². The molecule has 98 valence electrons. The molecule has 0 bridgehead atoms. The van der Waals surface area contributed by atoms with Crippen LogP contribution < -0.4 is 5.32 Å². The number of methoxy groups -OCH3 is 1. The molecule has 1 heterocycles. The number of ether oxygens (including phenoxy) is 2. The molecule has 0 aliphatic heterocycles. The number of carbonyl (C=O) groups is 2. The standard InChI is InChI=1S/C11H15N3O4/c1-4-18-10(15)7(2)12-9-6-5-8(13-14-9)11(16)17-3/h5-7H,4H2,1-3H3,(H,12,14). The molecule has 0 spiro atoms. The number of rotatable bonds is 5. The summed E-state index contributed by atoms with van der Waals surface area (Å²) >= 11 is 0. The van der Waals surface area contributed by atoms with Gasteiger partial charge in [-0.05, 0) is 26.0 Å². The summed E-state index contributed by atoms with van der Waals surface area (Å²) in [7, 11) is 1.26. The van der Waals surface area contributed by atoms with E-state index in [1.807, 2.05) is 0 Å². The molecule has 0 fully saturated rings. The summed E-state index contributed by atoms with van der Waals surface area (Å²) in [5, 5.41) is 10.2. The van der Waals surface area contributed by atoms with Crippen LogP contribution in [0, 0.1) is 0 Å². The van der Waals surface area contributed by atoms with Gasteiger partial charge in [0.2, 0.25) is 0 Å². The van der Waals surface area contributed by atoms with Gasteiger partial charge in [-0.3, -0.25) is 0 Å². The predicted molar refractivity (Wildman–Crippen MR) is 63.1 cm³/mol. The van der Waals surface area contributed by atoms with Crippen molar-refractivity contribution in [1.82, 2.24) is 10.2 Å². The highest BCUT2D eigenvalue weighted by atomic mass is 16.5. The van der Waals surface area contributed by atoms with Gasteiger partial charge in [-0.15, -0.1) is 10.2 Å². The van der Waals surface area contributed by atoms with E-state index in [2.05, 4.69) is 20.3 Å². The second kappa shape index (κ2) is 6.53. The van der Waals surface area contributed by atoms with Crippen molar-refractivity contribution in [3.05, 3.63) is 17.8 Å². The van der Waals surface area contributed by atoms with Crippen LogP contribution in [-0.2, 0) is 14.3 Å². The van der Waals surface area contributed by atoms with Crippen molar-refractivity contribution in [3.63, 3.8) is 0 Å². The highest BCUT2D eigenvalue weighted by Gasteiger charge is 2.14. The molecule has 1 aromatic rings. The van der Waals surface area contributed by atoms with Gasteiger partial charge in [-0.1, -0.05) is 0 Å². The van der Waals surface area contributed by atoms with E-state index in [4.69, 9.17) is 4.74 Å². The van der Waals surface area contributed by atoms with Crippen molar-refractivity contribution in [1.29, 1.82) is 0 Å². The molecule has 18 heavy (non-hydrogen) atoms. The summed E-state index contributed by atoms with van der Waals surface area (Å²) in [5.74, 6) is -0.563. The molecule has 0 saturated carbocycles. The maximum Gasteiger partial charge on any atom is 0.358 e. The molecule has 1 N–H and O–H groups in total. The molecule has 0 aliphatic rings. The van der Waals surface area contributed by atoms with Crippen molar-refractivity contribution >= 4 is 17.8 Å². The fraction of sp³-hybridized carbons (Fsp3) is 0.455. The SMILES string of the molecule is CCOC(=O)C(C)Nc1ccc(C(=O)OC)nn1. The zero-order valence-electron chi connectivity index (χ0n) is 10.5. The number of hydrogen-bond acceptors (Lipinski definition) is 7. The van der Waals surface area contributed by atoms with E-state index >= 15 is 0 Å².